The van der Waals surface area contributed by atoms with E-state index in [0.29, 0.717) is 13.0 Å². The summed E-state index contributed by atoms with van der Waals surface area (Å²) in [5, 5.41) is 30.4. The fourth-order valence-electron chi connectivity index (χ4n) is 6.88. The van der Waals surface area contributed by atoms with E-state index in [0.717, 1.165) is 44.9 Å². The van der Waals surface area contributed by atoms with Gasteiger partial charge in [-0.15, -0.1) is 0 Å². The van der Waals surface area contributed by atoms with Gasteiger partial charge in [-0.1, -0.05) is 160 Å². The molecule has 1 heterocycles. The maximum Gasteiger partial charge on any atom is 0.397 e. The molecule has 0 bridgehead atoms. The van der Waals surface area contributed by atoms with Crippen LogP contribution >= 0.6 is 0 Å². The molecule has 57 heavy (non-hydrogen) atoms. The number of ether oxygens (including phenoxy) is 4. The number of unbranched alkanes of at least 4 members (excludes halogenated alkanes) is 22. The third-order valence-electron chi connectivity index (χ3n) is 10.3. The molecule has 1 saturated heterocycles. The summed E-state index contributed by atoms with van der Waals surface area (Å²) in [5.41, 5.74) is 0. The lowest BCUT2D eigenvalue weighted by atomic mass is 9.99. The molecule has 12 nitrogen and oxygen atoms in total. The van der Waals surface area contributed by atoms with E-state index in [2.05, 4.69) is 42.3 Å². The van der Waals surface area contributed by atoms with E-state index in [9.17, 15) is 28.5 Å². The van der Waals surface area contributed by atoms with Gasteiger partial charge in [0.25, 0.3) is 0 Å². The van der Waals surface area contributed by atoms with Crippen LogP contribution in [0.3, 0.4) is 0 Å². The Hall–Kier alpha value is -1.42. The average molecular weight is 835 g/mol. The van der Waals surface area contributed by atoms with Crippen molar-refractivity contribution in [3.63, 3.8) is 0 Å². The van der Waals surface area contributed by atoms with Crippen molar-refractivity contribution >= 4 is 16.4 Å². The van der Waals surface area contributed by atoms with Gasteiger partial charge in [0.15, 0.2) is 6.29 Å². The van der Waals surface area contributed by atoms with Gasteiger partial charge in [-0.25, -0.2) is 4.18 Å². The van der Waals surface area contributed by atoms with Crippen LogP contribution in [0.4, 0.5) is 0 Å². The third kappa shape index (κ3) is 30.3. The van der Waals surface area contributed by atoms with Crippen molar-refractivity contribution in [2.45, 2.75) is 224 Å². The van der Waals surface area contributed by atoms with E-state index >= 15 is 0 Å². The van der Waals surface area contributed by atoms with Crippen LogP contribution in [-0.4, -0.2) is 97.5 Å². The van der Waals surface area contributed by atoms with Crippen molar-refractivity contribution in [2.24, 2.45) is 0 Å². The van der Waals surface area contributed by atoms with Gasteiger partial charge in [0.1, 0.15) is 30.5 Å². The standard InChI is InChI=1S/C44H82O12S/c1-3-5-7-9-10-11-12-13-14-15-16-17-18-19-20-21-22-23-24-25-26-27-28-29-30-32-34-52-36-38(54-40(46)33-31-8-6-4-2)37-53-44-42(48)43(56-57(49,50)51)41(47)39(35-45)55-44/h12-13,15-16,38-39,41-45,47-48H,3-11,14,17-37H2,1-2H3,(H,49,50,51)/b13-12-,16-15-. The van der Waals surface area contributed by atoms with E-state index in [4.69, 9.17) is 23.5 Å². The summed E-state index contributed by atoms with van der Waals surface area (Å²) < 4.78 is 58.6. The molecule has 6 atom stereocenters. The number of rotatable bonds is 39. The van der Waals surface area contributed by atoms with Crippen molar-refractivity contribution in [3.8, 4) is 0 Å². The molecule has 13 heteroatoms. The highest BCUT2D eigenvalue weighted by molar-refractivity contribution is 7.80. The predicted molar refractivity (Wildman–Crippen MR) is 225 cm³/mol. The van der Waals surface area contributed by atoms with Gasteiger partial charge in [0, 0.05) is 13.0 Å². The topological polar surface area (TPSA) is 178 Å². The van der Waals surface area contributed by atoms with Gasteiger partial charge in [0.05, 0.1) is 19.8 Å². The molecule has 0 spiro atoms. The molecule has 0 radical (unpaired) electrons. The first-order valence-corrected chi connectivity index (χ1v) is 24.0. The fraction of sp³-hybridized carbons (Fsp3) is 0.886. The number of aliphatic hydroxyl groups excluding tert-OH is 3. The Kier molecular flexibility index (Phi) is 34.3. The maximum atomic E-state index is 12.5. The van der Waals surface area contributed by atoms with Gasteiger partial charge in [-0.3, -0.25) is 9.35 Å². The van der Waals surface area contributed by atoms with Crippen molar-refractivity contribution in [1.82, 2.24) is 0 Å². The Morgan fingerprint density at radius 3 is 1.67 bits per heavy atom. The van der Waals surface area contributed by atoms with Crippen LogP contribution in [0.15, 0.2) is 24.3 Å². The maximum absolute atomic E-state index is 12.5. The lowest BCUT2D eigenvalue weighted by molar-refractivity contribution is -0.301. The zero-order valence-corrected chi connectivity index (χ0v) is 36.5. The summed E-state index contributed by atoms with van der Waals surface area (Å²) in [6.45, 7) is 3.84. The second-order valence-electron chi connectivity index (χ2n) is 15.6. The largest absolute Gasteiger partial charge is 0.457 e. The second-order valence-corrected chi connectivity index (χ2v) is 16.7. The van der Waals surface area contributed by atoms with Crippen molar-refractivity contribution < 1.29 is 56.2 Å². The molecule has 0 saturated carbocycles. The zero-order valence-electron chi connectivity index (χ0n) is 35.7. The molecule has 0 aromatic rings. The normalized spacial score (nSPS) is 20.8. The van der Waals surface area contributed by atoms with E-state index in [1.54, 1.807) is 0 Å². The van der Waals surface area contributed by atoms with Crippen LogP contribution in [0.25, 0.3) is 0 Å². The molecular weight excluding hydrogens is 753 g/mol. The minimum Gasteiger partial charge on any atom is -0.457 e. The van der Waals surface area contributed by atoms with Crippen molar-refractivity contribution in [2.75, 3.05) is 26.4 Å². The molecule has 1 aliphatic heterocycles. The van der Waals surface area contributed by atoms with Gasteiger partial charge in [-0.05, 0) is 44.9 Å². The minimum absolute atomic E-state index is 0.0370. The van der Waals surface area contributed by atoms with Gasteiger partial charge >= 0.3 is 16.4 Å². The minimum atomic E-state index is -5.05. The zero-order chi connectivity index (χ0) is 41.8. The Bertz CT molecular complexity index is 1100. The van der Waals surface area contributed by atoms with E-state index in [1.807, 2.05) is 0 Å². The highest BCUT2D eigenvalue weighted by Crippen LogP contribution is 2.26. The Labute approximate surface area is 346 Å². The van der Waals surface area contributed by atoms with Gasteiger partial charge in [-0.2, -0.15) is 8.42 Å². The third-order valence-corrected chi connectivity index (χ3v) is 10.8. The lowest BCUT2D eigenvalue weighted by Gasteiger charge is -2.41. The Morgan fingerprint density at radius 1 is 0.667 bits per heavy atom. The average Bonchev–Trinajstić information content (AvgIpc) is 3.18. The van der Waals surface area contributed by atoms with Crippen LogP contribution in [-0.2, 0) is 38.3 Å². The number of carbonyl (C=O) groups is 1. The molecule has 6 unspecified atom stereocenters. The predicted octanol–water partition coefficient (Wildman–Crippen LogP) is 9.24. The monoisotopic (exact) mass is 835 g/mol. The molecule has 1 aliphatic rings. The summed E-state index contributed by atoms with van der Waals surface area (Å²) in [5.74, 6) is -0.416. The first-order valence-electron chi connectivity index (χ1n) is 22.6. The lowest BCUT2D eigenvalue weighted by Crippen LogP contribution is -2.60. The number of esters is 1. The first kappa shape index (κ1) is 53.6. The summed E-state index contributed by atoms with van der Waals surface area (Å²) in [4.78, 5) is 12.5. The number of carbonyl (C=O) groups excluding carboxylic acids is 1. The summed E-state index contributed by atoms with van der Waals surface area (Å²) in [6.07, 6.45) is 31.7. The molecule has 0 aromatic carbocycles. The van der Waals surface area contributed by atoms with Crippen LogP contribution in [0.5, 0.6) is 0 Å². The molecule has 1 rings (SSSR count). The number of allylic oxidation sites excluding steroid dienone is 4. The molecule has 4 N–H and O–H groups in total. The van der Waals surface area contributed by atoms with Crippen LogP contribution in [0.1, 0.15) is 187 Å². The second kappa shape index (κ2) is 36.4. The van der Waals surface area contributed by atoms with Gasteiger partial charge in [0.2, 0.25) is 0 Å². The molecule has 1 fully saturated rings. The molecule has 336 valence electrons. The first-order chi connectivity index (χ1) is 27.6. The van der Waals surface area contributed by atoms with E-state index in [-0.39, 0.29) is 19.6 Å². The Balaban J connectivity index is 2.17. The SMILES string of the molecule is CCCCCCC/C=C\C/C=C\CCCCCCCCCCCCCCCCOCC(COC1OC(CO)C(O)C(OS(=O)(=O)O)C1O)OC(=O)CCCCCC. The van der Waals surface area contributed by atoms with Gasteiger partial charge < -0.3 is 34.3 Å². The summed E-state index contributed by atoms with van der Waals surface area (Å²) >= 11 is 0. The number of hydrogen-bond donors (Lipinski definition) is 4. The summed E-state index contributed by atoms with van der Waals surface area (Å²) in [7, 11) is -5.05. The highest BCUT2D eigenvalue weighted by Gasteiger charge is 2.48. The summed E-state index contributed by atoms with van der Waals surface area (Å²) in [6, 6.07) is 0. The van der Waals surface area contributed by atoms with E-state index in [1.165, 1.54) is 116 Å². The Morgan fingerprint density at radius 2 is 1.16 bits per heavy atom. The number of hydrogen-bond acceptors (Lipinski definition) is 11. The smallest absolute Gasteiger partial charge is 0.397 e. The highest BCUT2D eigenvalue weighted by atomic mass is 32.3. The number of aliphatic hydroxyl groups is 3. The molecule has 0 aromatic heterocycles. The molecular formula is C44H82O12S. The van der Waals surface area contributed by atoms with Crippen LogP contribution in [0.2, 0.25) is 0 Å². The molecule has 0 aliphatic carbocycles. The quantitative estimate of drug-likeness (QED) is 0.0200. The van der Waals surface area contributed by atoms with Crippen molar-refractivity contribution in [3.05, 3.63) is 24.3 Å². The van der Waals surface area contributed by atoms with Crippen LogP contribution < -0.4 is 0 Å². The molecule has 0 amide bonds. The van der Waals surface area contributed by atoms with E-state index < -0.39 is 59.8 Å². The van der Waals surface area contributed by atoms with Crippen molar-refractivity contribution in [1.29, 1.82) is 0 Å². The fourth-order valence-corrected chi connectivity index (χ4v) is 7.39. The van der Waals surface area contributed by atoms with Crippen LogP contribution in [0, 0.1) is 0 Å².